The summed E-state index contributed by atoms with van der Waals surface area (Å²) in [6.45, 7) is 2.38. The van der Waals surface area contributed by atoms with E-state index in [1.807, 2.05) is 13.0 Å². The lowest BCUT2D eigenvalue weighted by molar-refractivity contribution is -0.125. The molecule has 0 saturated heterocycles. The Labute approximate surface area is 220 Å². The summed E-state index contributed by atoms with van der Waals surface area (Å²) < 4.78 is 38.2. The van der Waals surface area contributed by atoms with Gasteiger partial charge in [0, 0.05) is 47.8 Å². The predicted molar refractivity (Wildman–Crippen MR) is 138 cm³/mol. The standard InChI is InChI=1S/C28H34F2N4O4/c1-15-24(28(36)34-19-7-6-18(12-19)33-23(35)14-37-2)26-20(9-10-31-26)25(32-15)21-11-17(27(29)30)5-8-22(21)38-13-16-3-4-16/h5,8-11,16,18-19,25,27,31-32H,3-4,6-7,12-14H2,1-2H3,(H,33,35)(H,34,36). The maximum atomic E-state index is 13.6. The molecule has 0 spiro atoms. The molecule has 3 unspecified atom stereocenters. The number of halogens is 2. The summed E-state index contributed by atoms with van der Waals surface area (Å²) in [7, 11) is 1.47. The van der Waals surface area contributed by atoms with Crippen molar-refractivity contribution in [2.45, 2.75) is 63.6 Å². The van der Waals surface area contributed by atoms with E-state index in [4.69, 9.17) is 9.47 Å². The van der Waals surface area contributed by atoms with Crippen molar-refractivity contribution in [1.29, 1.82) is 0 Å². The van der Waals surface area contributed by atoms with E-state index in [1.165, 1.54) is 19.2 Å². The Kier molecular flexibility index (Phi) is 7.69. The predicted octanol–water partition coefficient (Wildman–Crippen LogP) is 3.96. The quantitative estimate of drug-likeness (QED) is 0.374. The Morgan fingerprint density at radius 3 is 2.55 bits per heavy atom. The molecule has 2 aliphatic carbocycles. The maximum Gasteiger partial charge on any atom is 0.263 e. The SMILES string of the molecule is COCC(=O)NC1CCC(NC(=O)C2=C(C)NC(c3cc(C(F)F)ccc3OCC3CC3)c3cc[nH]c32)C1. The van der Waals surface area contributed by atoms with Gasteiger partial charge in [0.15, 0.2) is 0 Å². The van der Waals surface area contributed by atoms with Crippen LogP contribution in [0.3, 0.4) is 0 Å². The summed E-state index contributed by atoms with van der Waals surface area (Å²) in [6, 6.07) is 5.86. The Bertz CT molecular complexity index is 1220. The number of allylic oxidation sites excluding steroid dienone is 1. The second-order valence-corrected chi connectivity index (χ2v) is 10.4. The van der Waals surface area contributed by atoms with Crippen molar-refractivity contribution in [2.24, 2.45) is 5.92 Å². The molecule has 10 heteroatoms. The second kappa shape index (κ2) is 11.1. The van der Waals surface area contributed by atoms with Gasteiger partial charge in [-0.05, 0) is 69.2 Å². The zero-order valence-corrected chi connectivity index (χ0v) is 21.6. The summed E-state index contributed by atoms with van der Waals surface area (Å²) in [5.74, 6) is 0.690. The molecule has 5 rings (SSSR count). The van der Waals surface area contributed by atoms with Crippen LogP contribution in [0.4, 0.5) is 8.78 Å². The molecule has 2 saturated carbocycles. The summed E-state index contributed by atoms with van der Waals surface area (Å²) in [6.07, 6.45) is 3.56. The molecule has 0 bridgehead atoms. The van der Waals surface area contributed by atoms with E-state index in [9.17, 15) is 18.4 Å². The van der Waals surface area contributed by atoms with E-state index in [0.717, 1.165) is 31.2 Å². The average Bonchev–Trinajstić information content (AvgIpc) is 3.41. The number of H-pyrrole nitrogens is 1. The highest BCUT2D eigenvalue weighted by molar-refractivity contribution is 6.20. The highest BCUT2D eigenvalue weighted by atomic mass is 19.3. The normalized spacial score (nSPS) is 22.7. The molecular weight excluding hydrogens is 494 g/mol. The second-order valence-electron chi connectivity index (χ2n) is 10.4. The number of ether oxygens (including phenoxy) is 2. The highest BCUT2D eigenvalue weighted by Gasteiger charge is 2.34. The third-order valence-corrected chi connectivity index (χ3v) is 7.48. The number of rotatable bonds is 10. The number of hydrogen-bond donors (Lipinski definition) is 4. The average molecular weight is 529 g/mol. The van der Waals surface area contributed by atoms with Crippen LogP contribution in [0.2, 0.25) is 0 Å². The molecule has 8 nitrogen and oxygen atoms in total. The van der Waals surface area contributed by atoms with Crippen LogP contribution >= 0.6 is 0 Å². The molecule has 1 aromatic carbocycles. The van der Waals surface area contributed by atoms with Crippen LogP contribution in [-0.2, 0) is 14.3 Å². The Morgan fingerprint density at radius 2 is 1.84 bits per heavy atom. The van der Waals surface area contributed by atoms with Gasteiger partial charge in [0.25, 0.3) is 12.3 Å². The fraction of sp³-hybridized carbons (Fsp3) is 0.500. The van der Waals surface area contributed by atoms with E-state index in [1.54, 1.807) is 12.3 Å². The zero-order chi connectivity index (χ0) is 26.8. The number of benzene rings is 1. The molecule has 2 amide bonds. The summed E-state index contributed by atoms with van der Waals surface area (Å²) >= 11 is 0. The number of aromatic nitrogens is 1. The lowest BCUT2D eigenvalue weighted by atomic mass is 9.89. The monoisotopic (exact) mass is 528 g/mol. The smallest absolute Gasteiger partial charge is 0.263 e. The molecular formula is C28H34F2N4O4. The number of methoxy groups -OCH3 is 1. The minimum atomic E-state index is -2.60. The van der Waals surface area contributed by atoms with E-state index in [2.05, 4.69) is 20.9 Å². The van der Waals surface area contributed by atoms with Gasteiger partial charge in [-0.15, -0.1) is 0 Å². The fourth-order valence-corrected chi connectivity index (χ4v) is 5.38. The van der Waals surface area contributed by atoms with Crippen LogP contribution in [0.15, 0.2) is 36.2 Å². The van der Waals surface area contributed by atoms with Crippen molar-refractivity contribution in [1.82, 2.24) is 20.9 Å². The van der Waals surface area contributed by atoms with Crippen molar-refractivity contribution in [3.63, 3.8) is 0 Å². The van der Waals surface area contributed by atoms with E-state index < -0.39 is 12.5 Å². The molecule has 2 fully saturated rings. The number of carbonyl (C=O) groups excluding carboxylic acids is 2. The summed E-state index contributed by atoms with van der Waals surface area (Å²) in [4.78, 5) is 28.5. The molecule has 2 heterocycles. The minimum Gasteiger partial charge on any atom is -0.493 e. The van der Waals surface area contributed by atoms with Gasteiger partial charge < -0.3 is 30.4 Å². The molecule has 204 valence electrons. The molecule has 4 N–H and O–H groups in total. The number of amides is 2. The molecule has 38 heavy (non-hydrogen) atoms. The number of hydrogen-bond acceptors (Lipinski definition) is 5. The van der Waals surface area contributed by atoms with Crippen LogP contribution < -0.4 is 20.7 Å². The third-order valence-electron chi connectivity index (χ3n) is 7.48. The van der Waals surface area contributed by atoms with E-state index in [0.29, 0.717) is 47.2 Å². The van der Waals surface area contributed by atoms with E-state index in [-0.39, 0.29) is 36.1 Å². The van der Waals surface area contributed by atoms with Crippen molar-refractivity contribution >= 4 is 17.4 Å². The van der Waals surface area contributed by atoms with E-state index >= 15 is 0 Å². The number of aromatic amines is 1. The van der Waals surface area contributed by atoms with Crippen LogP contribution in [0.1, 0.15) is 73.9 Å². The van der Waals surface area contributed by atoms with Gasteiger partial charge >= 0.3 is 0 Å². The van der Waals surface area contributed by atoms with Gasteiger partial charge in [-0.3, -0.25) is 9.59 Å². The van der Waals surface area contributed by atoms with Crippen LogP contribution in [-0.4, -0.2) is 49.2 Å². The lowest BCUT2D eigenvalue weighted by Crippen LogP contribution is -2.40. The first-order valence-electron chi connectivity index (χ1n) is 13.1. The van der Waals surface area contributed by atoms with Crippen molar-refractivity contribution in [2.75, 3.05) is 20.3 Å². The molecule has 3 atom stereocenters. The molecule has 1 aromatic heterocycles. The van der Waals surface area contributed by atoms with Gasteiger partial charge in [-0.2, -0.15) is 0 Å². The molecule has 0 radical (unpaired) electrons. The van der Waals surface area contributed by atoms with Crippen molar-refractivity contribution in [3.8, 4) is 5.75 Å². The van der Waals surface area contributed by atoms with Gasteiger partial charge in [0.1, 0.15) is 12.4 Å². The van der Waals surface area contributed by atoms with Gasteiger partial charge in [0.2, 0.25) is 5.91 Å². The first kappa shape index (κ1) is 26.2. The van der Waals surface area contributed by atoms with Crippen LogP contribution in [0, 0.1) is 5.92 Å². The first-order valence-corrected chi connectivity index (χ1v) is 13.1. The number of fused-ring (bicyclic) bond motifs is 1. The molecule has 2 aromatic rings. The number of carbonyl (C=O) groups is 2. The largest absolute Gasteiger partial charge is 0.493 e. The fourth-order valence-electron chi connectivity index (χ4n) is 5.38. The first-order chi connectivity index (χ1) is 18.3. The molecule has 3 aliphatic rings. The Hall–Kier alpha value is -3.40. The highest BCUT2D eigenvalue weighted by Crippen LogP contribution is 2.41. The number of nitrogens with one attached hydrogen (secondary N) is 4. The maximum absolute atomic E-state index is 13.6. The molecule has 1 aliphatic heterocycles. The Morgan fingerprint density at radius 1 is 1.08 bits per heavy atom. The topological polar surface area (TPSA) is 104 Å². The summed E-state index contributed by atoms with van der Waals surface area (Å²) in [5.41, 5.74) is 3.12. The van der Waals surface area contributed by atoms with Gasteiger partial charge in [0.05, 0.1) is 23.9 Å². The third kappa shape index (κ3) is 5.70. The van der Waals surface area contributed by atoms with Crippen LogP contribution in [0.25, 0.3) is 5.57 Å². The zero-order valence-electron chi connectivity index (χ0n) is 21.6. The minimum absolute atomic E-state index is 0.00952. The van der Waals surface area contributed by atoms with Gasteiger partial charge in [-0.1, -0.05) is 0 Å². The summed E-state index contributed by atoms with van der Waals surface area (Å²) in [5, 5.41) is 9.44. The number of alkyl halides is 2. The van der Waals surface area contributed by atoms with Crippen LogP contribution in [0.5, 0.6) is 5.75 Å². The van der Waals surface area contributed by atoms with Gasteiger partial charge in [-0.25, -0.2) is 8.78 Å². The van der Waals surface area contributed by atoms with Crippen molar-refractivity contribution < 1.29 is 27.8 Å². The Balaban J connectivity index is 1.35. The van der Waals surface area contributed by atoms with Crippen molar-refractivity contribution in [3.05, 3.63) is 58.5 Å². The lowest BCUT2D eigenvalue weighted by Gasteiger charge is -2.30.